The van der Waals surface area contributed by atoms with Crippen LogP contribution in [0.4, 0.5) is 11.4 Å². The van der Waals surface area contributed by atoms with Gasteiger partial charge in [0.1, 0.15) is 0 Å². The maximum atomic E-state index is 6.15. The first-order valence-corrected chi connectivity index (χ1v) is 12.1. The average molecular weight is 455 g/mol. The number of anilines is 2. The van der Waals surface area contributed by atoms with Crippen molar-refractivity contribution in [2.24, 2.45) is 0 Å². The van der Waals surface area contributed by atoms with E-state index in [1.807, 2.05) is 12.1 Å². The van der Waals surface area contributed by atoms with Gasteiger partial charge in [-0.1, -0.05) is 84.4 Å². The van der Waals surface area contributed by atoms with Gasteiger partial charge in [0.15, 0.2) is 0 Å². The zero-order valence-electron chi connectivity index (χ0n) is 19.3. The van der Waals surface area contributed by atoms with E-state index in [1.165, 1.54) is 45.6 Å². The van der Waals surface area contributed by atoms with Crippen molar-refractivity contribution in [3.63, 3.8) is 0 Å². The van der Waals surface area contributed by atoms with Gasteiger partial charge in [-0.15, -0.1) is 0 Å². The molecule has 0 atom stereocenters. The quantitative estimate of drug-likeness (QED) is 0.351. The van der Waals surface area contributed by atoms with Crippen LogP contribution in [0.15, 0.2) is 108 Å². The predicted octanol–water partition coefficient (Wildman–Crippen LogP) is 8.20. The summed E-state index contributed by atoms with van der Waals surface area (Å²) in [6.07, 6.45) is 9.90. The third-order valence-corrected chi connectivity index (χ3v) is 6.16. The van der Waals surface area contributed by atoms with Crippen molar-refractivity contribution >= 4 is 23.0 Å². The molecule has 2 N–H and O–H groups in total. The molecule has 0 radical (unpaired) electrons. The number of hydrogen-bond donors (Lipinski definition) is 2. The summed E-state index contributed by atoms with van der Waals surface area (Å²) in [5, 5.41) is 7.78. The molecule has 168 valence electrons. The molecule has 0 aromatic heterocycles. The minimum atomic E-state index is 0.123. The molecule has 2 nitrogen and oxygen atoms in total. The van der Waals surface area contributed by atoms with E-state index < -0.39 is 0 Å². The summed E-state index contributed by atoms with van der Waals surface area (Å²) in [4.78, 5) is 0. The second-order valence-corrected chi connectivity index (χ2v) is 8.65. The van der Waals surface area contributed by atoms with E-state index in [1.54, 1.807) is 0 Å². The summed E-state index contributed by atoms with van der Waals surface area (Å²) in [7, 11) is 0. The zero-order valence-corrected chi connectivity index (χ0v) is 20.1. The van der Waals surface area contributed by atoms with Gasteiger partial charge in [0.25, 0.3) is 0 Å². The standard InChI is InChI=1S/C23H25ClN2.C7H6/c1-3-25-21-11-7-5-9-19(21)23(17-13-15-18(24)16-14-17)20-10-6-8-12-22(20)26-4-2;1-2-7-4-3-6(1)5-7/h5-16,23,25-26H,3-4H2,1-2H3;1-4H,5H2. The Morgan fingerprint density at radius 2 is 1.18 bits per heavy atom. The summed E-state index contributed by atoms with van der Waals surface area (Å²) in [5.74, 6) is 0.123. The Morgan fingerprint density at radius 1 is 0.697 bits per heavy atom. The number of fused-ring (bicyclic) bond motifs is 2. The van der Waals surface area contributed by atoms with Crippen LogP contribution in [0.25, 0.3) is 0 Å². The first kappa shape index (κ1) is 22.9. The number of nitrogens with one attached hydrogen (secondary N) is 2. The van der Waals surface area contributed by atoms with Crippen molar-refractivity contribution in [1.29, 1.82) is 0 Å². The Bertz CT molecular complexity index is 1100. The van der Waals surface area contributed by atoms with Crippen LogP contribution in [0.1, 0.15) is 42.9 Å². The second kappa shape index (κ2) is 11.1. The molecule has 5 rings (SSSR count). The molecule has 0 amide bonds. The number of rotatable bonds is 7. The molecule has 2 bridgehead atoms. The molecular formula is C30H31ClN2. The second-order valence-electron chi connectivity index (χ2n) is 8.21. The van der Waals surface area contributed by atoms with Gasteiger partial charge in [0, 0.05) is 35.4 Å². The number of hydrogen-bond acceptors (Lipinski definition) is 2. The Kier molecular flexibility index (Phi) is 7.70. The first-order valence-electron chi connectivity index (χ1n) is 11.7. The van der Waals surface area contributed by atoms with E-state index in [-0.39, 0.29) is 5.92 Å². The van der Waals surface area contributed by atoms with E-state index in [9.17, 15) is 0 Å². The van der Waals surface area contributed by atoms with Crippen molar-refractivity contribution < 1.29 is 0 Å². The van der Waals surface area contributed by atoms with Crippen LogP contribution in [-0.2, 0) is 0 Å². The highest BCUT2D eigenvalue weighted by molar-refractivity contribution is 6.30. The van der Waals surface area contributed by atoms with Crippen molar-refractivity contribution in [3.8, 4) is 0 Å². The van der Waals surface area contributed by atoms with E-state index in [4.69, 9.17) is 11.6 Å². The molecule has 0 spiro atoms. The lowest BCUT2D eigenvalue weighted by Gasteiger charge is -2.25. The average Bonchev–Trinajstić information content (AvgIpc) is 3.50. The zero-order chi connectivity index (χ0) is 23.0. The SMILES string of the molecule is C1=CC2=CC=C1C2.CCNc1ccccc1C(c1ccc(Cl)cc1)c1ccccc1NCC. The lowest BCUT2D eigenvalue weighted by atomic mass is 9.83. The van der Waals surface area contributed by atoms with Crippen molar-refractivity contribution in [3.05, 3.63) is 130 Å². The van der Waals surface area contributed by atoms with Crippen molar-refractivity contribution in [1.82, 2.24) is 0 Å². The fourth-order valence-corrected chi connectivity index (χ4v) is 4.52. The first-order chi connectivity index (χ1) is 16.2. The van der Waals surface area contributed by atoms with E-state index >= 15 is 0 Å². The van der Waals surface area contributed by atoms with Gasteiger partial charge in [0.05, 0.1) is 0 Å². The molecular weight excluding hydrogens is 424 g/mol. The third-order valence-electron chi connectivity index (χ3n) is 5.91. The summed E-state index contributed by atoms with van der Waals surface area (Å²) in [5.41, 5.74) is 9.03. The molecule has 0 fully saturated rings. The number of benzene rings is 3. The summed E-state index contributed by atoms with van der Waals surface area (Å²) in [6, 6.07) is 25.3. The molecule has 33 heavy (non-hydrogen) atoms. The van der Waals surface area contributed by atoms with Crippen LogP contribution < -0.4 is 10.6 Å². The molecule has 2 aliphatic carbocycles. The fraction of sp³-hybridized carbons (Fsp3) is 0.200. The van der Waals surface area contributed by atoms with E-state index in [2.05, 4.69) is 109 Å². The van der Waals surface area contributed by atoms with Crippen molar-refractivity contribution in [2.75, 3.05) is 23.7 Å². The van der Waals surface area contributed by atoms with Gasteiger partial charge in [-0.2, -0.15) is 0 Å². The lowest BCUT2D eigenvalue weighted by Crippen LogP contribution is -2.11. The van der Waals surface area contributed by atoms with Crippen LogP contribution in [-0.4, -0.2) is 13.1 Å². The summed E-state index contributed by atoms with van der Waals surface area (Å²) < 4.78 is 0. The Labute approximate surface area is 202 Å². The third kappa shape index (κ3) is 5.58. The fourth-order valence-electron chi connectivity index (χ4n) is 4.39. The number of allylic oxidation sites excluding steroid dienone is 6. The van der Waals surface area contributed by atoms with Gasteiger partial charge >= 0.3 is 0 Å². The summed E-state index contributed by atoms with van der Waals surface area (Å²) in [6.45, 7) is 6.03. The maximum absolute atomic E-state index is 6.15. The van der Waals surface area contributed by atoms with E-state index in [0.717, 1.165) is 18.1 Å². The number of para-hydroxylation sites is 2. The topological polar surface area (TPSA) is 24.1 Å². The monoisotopic (exact) mass is 454 g/mol. The maximum Gasteiger partial charge on any atom is 0.0406 e. The van der Waals surface area contributed by atoms with Crippen LogP contribution in [0, 0.1) is 0 Å². The van der Waals surface area contributed by atoms with E-state index in [0.29, 0.717) is 0 Å². The highest BCUT2D eigenvalue weighted by atomic mass is 35.5. The van der Waals surface area contributed by atoms with Crippen LogP contribution in [0.2, 0.25) is 5.02 Å². The Hall–Kier alpha value is -3.23. The van der Waals surface area contributed by atoms with Gasteiger partial charge in [-0.25, -0.2) is 0 Å². The molecule has 3 heteroatoms. The predicted molar refractivity (Wildman–Crippen MR) is 144 cm³/mol. The minimum Gasteiger partial charge on any atom is -0.385 e. The Balaban J connectivity index is 0.000000310. The van der Waals surface area contributed by atoms with Gasteiger partial charge < -0.3 is 10.6 Å². The van der Waals surface area contributed by atoms with Crippen LogP contribution in [0.3, 0.4) is 0 Å². The highest BCUT2D eigenvalue weighted by Gasteiger charge is 2.22. The van der Waals surface area contributed by atoms with Gasteiger partial charge in [-0.05, 0) is 72.4 Å². The molecule has 0 heterocycles. The molecule has 2 aliphatic rings. The molecule has 0 saturated heterocycles. The molecule has 3 aromatic carbocycles. The van der Waals surface area contributed by atoms with Gasteiger partial charge in [0.2, 0.25) is 0 Å². The summed E-state index contributed by atoms with van der Waals surface area (Å²) >= 11 is 6.15. The smallest absolute Gasteiger partial charge is 0.0406 e. The van der Waals surface area contributed by atoms with Crippen molar-refractivity contribution in [2.45, 2.75) is 26.2 Å². The highest BCUT2D eigenvalue weighted by Crippen LogP contribution is 2.39. The molecule has 0 unspecified atom stereocenters. The lowest BCUT2D eigenvalue weighted by molar-refractivity contribution is 0.970. The number of halogens is 1. The molecule has 0 aliphatic heterocycles. The van der Waals surface area contributed by atoms with Crippen LogP contribution in [0.5, 0.6) is 0 Å². The largest absolute Gasteiger partial charge is 0.385 e. The Morgan fingerprint density at radius 3 is 1.58 bits per heavy atom. The normalized spacial score (nSPS) is 13.3. The van der Waals surface area contributed by atoms with Crippen LogP contribution >= 0.6 is 11.6 Å². The molecule has 0 saturated carbocycles. The molecule has 3 aromatic rings. The minimum absolute atomic E-state index is 0.123. The van der Waals surface area contributed by atoms with Gasteiger partial charge in [-0.3, -0.25) is 0 Å².